The second-order valence-electron chi connectivity index (χ2n) is 5.84. The Bertz CT molecular complexity index is 483. The third-order valence-electron chi connectivity index (χ3n) is 3.56. The zero-order valence-corrected chi connectivity index (χ0v) is 11.8. The summed E-state index contributed by atoms with van der Waals surface area (Å²) in [6.07, 6.45) is 1.70. The average molecular weight is 262 g/mol. The maximum Gasteiger partial charge on any atom is 0.251 e. The van der Waals surface area contributed by atoms with Gasteiger partial charge in [0.05, 0.1) is 5.60 Å². The first kappa shape index (κ1) is 13.9. The van der Waals surface area contributed by atoms with Crippen molar-refractivity contribution in [1.82, 2.24) is 5.32 Å². The number of hydrogen-bond donors (Lipinski definition) is 2. The Kier molecular flexibility index (Phi) is 3.80. The molecular formula is C15H22N2O2. The highest BCUT2D eigenvalue weighted by Gasteiger charge is 2.29. The number of anilines is 1. The summed E-state index contributed by atoms with van der Waals surface area (Å²) in [5.74, 6) is -0.0363. The molecule has 1 aliphatic rings. The molecule has 1 fully saturated rings. The van der Waals surface area contributed by atoms with Gasteiger partial charge in [0, 0.05) is 23.9 Å². The highest BCUT2D eigenvalue weighted by Crippen LogP contribution is 2.24. The van der Waals surface area contributed by atoms with Gasteiger partial charge in [0.1, 0.15) is 0 Å². The van der Waals surface area contributed by atoms with Crippen molar-refractivity contribution < 1.29 is 9.53 Å². The molecule has 1 saturated heterocycles. The zero-order chi connectivity index (χ0) is 14.0. The lowest BCUT2D eigenvalue weighted by Gasteiger charge is -2.35. The quantitative estimate of drug-likeness (QED) is 0.804. The maximum atomic E-state index is 12.2. The second-order valence-corrected chi connectivity index (χ2v) is 5.84. The van der Waals surface area contributed by atoms with Gasteiger partial charge in [0.15, 0.2) is 0 Å². The summed E-state index contributed by atoms with van der Waals surface area (Å²) < 4.78 is 5.65. The lowest BCUT2D eigenvalue weighted by Crippen LogP contribution is -2.45. The van der Waals surface area contributed by atoms with Gasteiger partial charge >= 0.3 is 0 Å². The van der Waals surface area contributed by atoms with Crippen molar-refractivity contribution in [1.29, 1.82) is 0 Å². The molecule has 4 nitrogen and oxygen atoms in total. The minimum atomic E-state index is -0.159. The first-order valence-corrected chi connectivity index (χ1v) is 6.68. The Morgan fingerprint density at radius 3 is 2.84 bits per heavy atom. The van der Waals surface area contributed by atoms with Crippen LogP contribution in [-0.4, -0.2) is 24.2 Å². The molecule has 1 aromatic carbocycles. The largest absolute Gasteiger partial charge is 0.399 e. The third kappa shape index (κ3) is 3.47. The maximum absolute atomic E-state index is 12.2. The molecule has 1 heterocycles. The van der Waals surface area contributed by atoms with Crippen molar-refractivity contribution in [2.24, 2.45) is 0 Å². The van der Waals surface area contributed by atoms with E-state index in [2.05, 4.69) is 19.2 Å². The van der Waals surface area contributed by atoms with Crippen LogP contribution in [-0.2, 0) is 4.74 Å². The number of aryl methyl sites for hydroxylation is 1. The highest BCUT2D eigenvalue weighted by atomic mass is 16.5. The number of carbonyl (C=O) groups excluding carboxylic acids is 1. The van der Waals surface area contributed by atoms with Crippen LogP contribution < -0.4 is 11.1 Å². The predicted octanol–water partition coefficient (Wildman–Crippen LogP) is 2.26. The molecule has 2 rings (SSSR count). The molecule has 104 valence electrons. The lowest BCUT2D eigenvalue weighted by molar-refractivity contribution is -0.0615. The van der Waals surface area contributed by atoms with Gasteiger partial charge in [0.2, 0.25) is 0 Å². The highest BCUT2D eigenvalue weighted by molar-refractivity contribution is 5.95. The van der Waals surface area contributed by atoms with Crippen LogP contribution in [0.2, 0.25) is 0 Å². The monoisotopic (exact) mass is 262 g/mol. The van der Waals surface area contributed by atoms with Crippen LogP contribution in [0.3, 0.4) is 0 Å². The summed E-state index contributed by atoms with van der Waals surface area (Å²) in [4.78, 5) is 12.2. The van der Waals surface area contributed by atoms with E-state index in [0.29, 0.717) is 17.9 Å². The molecule has 1 unspecified atom stereocenters. The van der Waals surface area contributed by atoms with Gasteiger partial charge in [-0.3, -0.25) is 4.79 Å². The van der Waals surface area contributed by atoms with Gasteiger partial charge < -0.3 is 15.8 Å². The molecule has 1 amide bonds. The van der Waals surface area contributed by atoms with Crippen LogP contribution in [0.15, 0.2) is 18.2 Å². The van der Waals surface area contributed by atoms with Crippen molar-refractivity contribution in [3.8, 4) is 0 Å². The molecule has 1 aromatic rings. The summed E-state index contributed by atoms with van der Waals surface area (Å²) in [7, 11) is 0. The molecule has 0 radical (unpaired) electrons. The van der Waals surface area contributed by atoms with Crippen LogP contribution in [0.4, 0.5) is 5.69 Å². The Morgan fingerprint density at radius 1 is 1.47 bits per heavy atom. The predicted molar refractivity (Wildman–Crippen MR) is 76.1 cm³/mol. The lowest BCUT2D eigenvalue weighted by atomic mass is 9.93. The Labute approximate surface area is 114 Å². The van der Waals surface area contributed by atoms with Gasteiger partial charge in [-0.25, -0.2) is 0 Å². The van der Waals surface area contributed by atoms with Crippen LogP contribution in [0.1, 0.15) is 42.6 Å². The molecule has 1 atom stereocenters. The second kappa shape index (κ2) is 5.21. The summed E-state index contributed by atoms with van der Waals surface area (Å²) in [5.41, 5.74) is 7.91. The molecule has 3 N–H and O–H groups in total. The van der Waals surface area contributed by atoms with E-state index in [1.165, 1.54) is 0 Å². The first-order chi connectivity index (χ1) is 8.87. The van der Waals surface area contributed by atoms with Gasteiger partial charge in [0.25, 0.3) is 5.91 Å². The molecule has 0 aliphatic carbocycles. The van der Waals surface area contributed by atoms with Crippen LogP contribution in [0.5, 0.6) is 0 Å². The summed E-state index contributed by atoms with van der Waals surface area (Å²) >= 11 is 0. The molecule has 1 aliphatic heterocycles. The minimum absolute atomic E-state index is 0.0363. The van der Waals surface area contributed by atoms with Gasteiger partial charge in [-0.2, -0.15) is 0 Å². The first-order valence-electron chi connectivity index (χ1n) is 6.68. The smallest absolute Gasteiger partial charge is 0.251 e. The van der Waals surface area contributed by atoms with Crippen molar-refractivity contribution in [2.75, 3.05) is 12.3 Å². The van der Waals surface area contributed by atoms with Crippen molar-refractivity contribution >= 4 is 11.6 Å². The fourth-order valence-corrected chi connectivity index (χ4v) is 2.44. The molecule has 0 aromatic heterocycles. The number of nitrogens with one attached hydrogen (secondary N) is 1. The Morgan fingerprint density at radius 2 is 2.21 bits per heavy atom. The number of amides is 1. The summed E-state index contributed by atoms with van der Waals surface area (Å²) in [6, 6.07) is 5.55. The van der Waals surface area contributed by atoms with Crippen molar-refractivity contribution in [2.45, 2.75) is 45.3 Å². The molecule has 0 bridgehead atoms. The molecule has 19 heavy (non-hydrogen) atoms. The third-order valence-corrected chi connectivity index (χ3v) is 3.56. The van der Waals surface area contributed by atoms with E-state index in [-0.39, 0.29) is 17.6 Å². The van der Waals surface area contributed by atoms with E-state index >= 15 is 0 Å². The SMILES string of the molecule is Cc1cc(C(=O)NC2CCOC(C)(C)C2)ccc1N. The molecular weight excluding hydrogens is 240 g/mol. The topological polar surface area (TPSA) is 64.3 Å². The van der Waals surface area contributed by atoms with E-state index in [0.717, 1.165) is 18.4 Å². The standard InChI is InChI=1S/C15H22N2O2/c1-10-8-11(4-5-13(10)16)14(18)17-12-6-7-19-15(2,3)9-12/h4-5,8,12H,6-7,9,16H2,1-3H3,(H,17,18). The zero-order valence-electron chi connectivity index (χ0n) is 11.8. The number of benzene rings is 1. The van der Waals surface area contributed by atoms with E-state index < -0.39 is 0 Å². The molecule has 0 saturated carbocycles. The Balaban J connectivity index is 2.02. The van der Waals surface area contributed by atoms with Crippen molar-refractivity contribution in [3.63, 3.8) is 0 Å². The number of hydrogen-bond acceptors (Lipinski definition) is 3. The van der Waals surface area contributed by atoms with Crippen LogP contribution in [0, 0.1) is 6.92 Å². The fourth-order valence-electron chi connectivity index (χ4n) is 2.44. The van der Waals surface area contributed by atoms with Crippen LogP contribution in [0.25, 0.3) is 0 Å². The minimum Gasteiger partial charge on any atom is -0.399 e. The van der Waals surface area contributed by atoms with E-state index in [1.54, 1.807) is 12.1 Å². The number of ether oxygens (including phenoxy) is 1. The number of rotatable bonds is 2. The number of nitrogens with two attached hydrogens (primary N) is 1. The number of nitrogen functional groups attached to an aromatic ring is 1. The van der Waals surface area contributed by atoms with Crippen LogP contribution >= 0.6 is 0 Å². The normalized spacial score (nSPS) is 21.9. The molecule has 0 spiro atoms. The van der Waals surface area contributed by atoms with Gasteiger partial charge in [-0.15, -0.1) is 0 Å². The molecule has 4 heteroatoms. The van der Waals surface area contributed by atoms with Gasteiger partial charge in [-0.1, -0.05) is 0 Å². The fraction of sp³-hybridized carbons (Fsp3) is 0.533. The summed E-state index contributed by atoms with van der Waals surface area (Å²) in [5, 5.41) is 3.08. The van der Waals surface area contributed by atoms with E-state index in [4.69, 9.17) is 10.5 Å². The van der Waals surface area contributed by atoms with E-state index in [9.17, 15) is 4.79 Å². The van der Waals surface area contributed by atoms with Gasteiger partial charge in [-0.05, 0) is 57.4 Å². The summed E-state index contributed by atoms with van der Waals surface area (Å²) in [6.45, 7) is 6.71. The number of carbonyl (C=O) groups is 1. The Hall–Kier alpha value is -1.55. The average Bonchev–Trinajstić information content (AvgIpc) is 2.31. The van der Waals surface area contributed by atoms with Crippen molar-refractivity contribution in [3.05, 3.63) is 29.3 Å². The van der Waals surface area contributed by atoms with E-state index in [1.807, 2.05) is 13.0 Å².